The van der Waals surface area contributed by atoms with Gasteiger partial charge < -0.3 is 19.5 Å². The zero-order valence-electron chi connectivity index (χ0n) is 14.8. The third kappa shape index (κ3) is 4.42. The Morgan fingerprint density at radius 1 is 1.19 bits per heavy atom. The quantitative estimate of drug-likeness (QED) is 0.773. The Morgan fingerprint density at radius 2 is 1.93 bits per heavy atom. The van der Waals surface area contributed by atoms with Crippen molar-refractivity contribution < 1.29 is 24.2 Å². The molecular weight excluding hydrogens is 414 g/mol. The number of hydrogen-bond acceptors (Lipinski definition) is 4. The van der Waals surface area contributed by atoms with E-state index in [9.17, 15) is 14.7 Å². The number of halogens is 1. The van der Waals surface area contributed by atoms with Gasteiger partial charge in [0.2, 0.25) is 0 Å². The summed E-state index contributed by atoms with van der Waals surface area (Å²) < 4.78 is 11.4. The van der Waals surface area contributed by atoms with Crippen LogP contribution in [-0.4, -0.2) is 42.3 Å². The third-order valence-corrected chi connectivity index (χ3v) is 5.43. The van der Waals surface area contributed by atoms with Crippen LogP contribution in [-0.2, 0) is 16.1 Å². The fourth-order valence-corrected chi connectivity index (χ4v) is 3.80. The first-order valence-corrected chi connectivity index (χ1v) is 9.30. The van der Waals surface area contributed by atoms with Crippen LogP contribution in [0.3, 0.4) is 0 Å². The number of methoxy groups -OCH3 is 1. The summed E-state index contributed by atoms with van der Waals surface area (Å²) in [5.74, 6) is -1.36. The largest absolute Gasteiger partial charge is 0.497 e. The van der Waals surface area contributed by atoms with Crippen molar-refractivity contribution >= 4 is 28.0 Å². The fourth-order valence-electron chi connectivity index (χ4n) is 3.26. The van der Waals surface area contributed by atoms with Crippen molar-refractivity contribution in [2.24, 2.45) is 5.92 Å². The van der Waals surface area contributed by atoms with E-state index < -0.39 is 18.0 Å². The van der Waals surface area contributed by atoms with Crippen molar-refractivity contribution in [1.29, 1.82) is 0 Å². The number of hydrogen-bond donors (Lipinski definition) is 1. The molecule has 27 heavy (non-hydrogen) atoms. The number of benzene rings is 2. The Bertz CT molecular complexity index is 826. The maximum Gasteiger partial charge on any atom is 0.410 e. The van der Waals surface area contributed by atoms with Crippen molar-refractivity contribution in [3.8, 4) is 5.75 Å². The summed E-state index contributed by atoms with van der Waals surface area (Å²) in [6, 6.07) is 14.8. The maximum absolute atomic E-state index is 12.4. The summed E-state index contributed by atoms with van der Waals surface area (Å²) in [4.78, 5) is 25.7. The molecule has 0 aromatic heterocycles. The number of rotatable bonds is 5. The number of carbonyl (C=O) groups excluding carboxylic acids is 1. The van der Waals surface area contributed by atoms with Gasteiger partial charge in [-0.1, -0.05) is 46.3 Å². The fraction of sp³-hybridized carbons (Fsp3) is 0.300. The highest BCUT2D eigenvalue weighted by atomic mass is 79.9. The summed E-state index contributed by atoms with van der Waals surface area (Å²) >= 11 is 3.48. The first kappa shape index (κ1) is 19.2. The van der Waals surface area contributed by atoms with Gasteiger partial charge in [-0.2, -0.15) is 0 Å². The number of carbonyl (C=O) groups is 2. The minimum atomic E-state index is -0.937. The van der Waals surface area contributed by atoms with Crippen LogP contribution in [0.15, 0.2) is 53.0 Å². The van der Waals surface area contributed by atoms with E-state index in [1.165, 1.54) is 4.90 Å². The molecule has 0 saturated carbocycles. The van der Waals surface area contributed by atoms with Crippen LogP contribution in [0.1, 0.15) is 17.0 Å². The molecule has 2 aromatic carbocycles. The lowest BCUT2D eigenvalue weighted by Gasteiger charge is -2.18. The van der Waals surface area contributed by atoms with Crippen LogP contribution in [0.25, 0.3) is 0 Å². The number of ether oxygens (including phenoxy) is 2. The second-order valence-corrected chi connectivity index (χ2v) is 7.24. The predicted octanol–water partition coefficient (Wildman–Crippen LogP) is 3.89. The molecule has 7 heteroatoms. The minimum Gasteiger partial charge on any atom is -0.497 e. The van der Waals surface area contributed by atoms with Gasteiger partial charge in [-0.05, 0) is 29.3 Å². The van der Waals surface area contributed by atoms with Gasteiger partial charge in [0.1, 0.15) is 12.4 Å². The van der Waals surface area contributed by atoms with Crippen molar-refractivity contribution in [3.63, 3.8) is 0 Å². The SMILES string of the molecule is COc1ccc(Br)c([C@@H]2CN(C(=O)OCc3ccccc3)C[C@H]2C(=O)O)c1. The number of aliphatic carboxylic acids is 1. The van der Waals surface area contributed by atoms with Crippen molar-refractivity contribution in [1.82, 2.24) is 4.90 Å². The second kappa shape index (κ2) is 8.43. The monoisotopic (exact) mass is 433 g/mol. The zero-order chi connectivity index (χ0) is 19.4. The Morgan fingerprint density at radius 3 is 2.59 bits per heavy atom. The van der Waals surface area contributed by atoms with Gasteiger partial charge >= 0.3 is 12.1 Å². The smallest absolute Gasteiger partial charge is 0.410 e. The van der Waals surface area contributed by atoms with Gasteiger partial charge in [0.05, 0.1) is 13.0 Å². The van der Waals surface area contributed by atoms with E-state index in [0.717, 1.165) is 15.6 Å². The third-order valence-electron chi connectivity index (χ3n) is 4.70. The molecule has 1 saturated heterocycles. The van der Waals surface area contributed by atoms with Gasteiger partial charge in [0.25, 0.3) is 0 Å². The van der Waals surface area contributed by atoms with Gasteiger partial charge in [0.15, 0.2) is 0 Å². The summed E-state index contributed by atoms with van der Waals surface area (Å²) in [5, 5.41) is 9.64. The number of carboxylic acid groups (broad SMARTS) is 1. The molecule has 1 aliphatic rings. The topological polar surface area (TPSA) is 76.1 Å². The molecule has 1 N–H and O–H groups in total. The van der Waals surface area contributed by atoms with Gasteiger partial charge in [-0.15, -0.1) is 0 Å². The first-order valence-electron chi connectivity index (χ1n) is 8.51. The Kier molecular flexibility index (Phi) is 6.01. The van der Waals surface area contributed by atoms with E-state index in [2.05, 4.69) is 15.9 Å². The lowest BCUT2D eigenvalue weighted by atomic mass is 9.89. The van der Waals surface area contributed by atoms with E-state index >= 15 is 0 Å². The number of likely N-dealkylation sites (tertiary alicyclic amines) is 1. The predicted molar refractivity (Wildman–Crippen MR) is 103 cm³/mol. The molecule has 1 heterocycles. The molecule has 1 fully saturated rings. The maximum atomic E-state index is 12.4. The summed E-state index contributed by atoms with van der Waals surface area (Å²) in [7, 11) is 1.56. The highest BCUT2D eigenvalue weighted by Crippen LogP contribution is 2.38. The van der Waals surface area contributed by atoms with Crippen LogP contribution < -0.4 is 4.74 Å². The lowest BCUT2D eigenvalue weighted by molar-refractivity contribution is -0.141. The van der Waals surface area contributed by atoms with E-state index in [1.54, 1.807) is 13.2 Å². The number of amides is 1. The van der Waals surface area contributed by atoms with E-state index in [-0.39, 0.29) is 25.6 Å². The average Bonchev–Trinajstić information content (AvgIpc) is 3.13. The van der Waals surface area contributed by atoms with E-state index in [1.807, 2.05) is 42.5 Å². The van der Waals surface area contributed by atoms with E-state index in [0.29, 0.717) is 5.75 Å². The standard InChI is InChI=1S/C20H20BrNO5/c1-26-14-7-8-18(21)15(9-14)16-10-22(11-17(16)19(23)24)20(25)27-12-13-5-3-2-4-6-13/h2-9,16-17H,10-12H2,1H3,(H,23,24)/t16-,17+/m0/s1. The van der Waals surface area contributed by atoms with Crippen LogP contribution >= 0.6 is 15.9 Å². The minimum absolute atomic E-state index is 0.108. The van der Waals surface area contributed by atoms with Crippen LogP contribution in [0.2, 0.25) is 0 Å². The Balaban J connectivity index is 1.75. The molecule has 0 aliphatic carbocycles. The number of nitrogens with zero attached hydrogens (tertiary/aromatic N) is 1. The molecule has 0 unspecified atom stereocenters. The molecule has 1 amide bonds. The lowest BCUT2D eigenvalue weighted by Crippen LogP contribution is -2.30. The molecule has 2 aromatic rings. The van der Waals surface area contributed by atoms with Crippen LogP contribution in [0.4, 0.5) is 4.79 Å². The second-order valence-electron chi connectivity index (χ2n) is 6.38. The summed E-state index contributed by atoms with van der Waals surface area (Å²) in [6.07, 6.45) is -0.508. The first-order chi connectivity index (χ1) is 13.0. The number of carboxylic acids is 1. The molecule has 0 radical (unpaired) electrons. The molecule has 0 spiro atoms. The molecule has 1 aliphatic heterocycles. The normalized spacial score (nSPS) is 19.0. The van der Waals surface area contributed by atoms with Gasteiger partial charge in [0, 0.05) is 23.5 Å². The van der Waals surface area contributed by atoms with Crippen molar-refractivity contribution in [2.75, 3.05) is 20.2 Å². The summed E-state index contributed by atoms with van der Waals surface area (Å²) in [6.45, 7) is 0.537. The van der Waals surface area contributed by atoms with Crippen molar-refractivity contribution in [2.45, 2.75) is 12.5 Å². The molecule has 6 nitrogen and oxygen atoms in total. The average molecular weight is 434 g/mol. The van der Waals surface area contributed by atoms with Crippen LogP contribution in [0, 0.1) is 5.92 Å². The van der Waals surface area contributed by atoms with Gasteiger partial charge in [-0.25, -0.2) is 4.79 Å². The van der Waals surface area contributed by atoms with Crippen LogP contribution in [0.5, 0.6) is 5.75 Å². The molecule has 2 atom stereocenters. The molecule has 3 rings (SSSR count). The van der Waals surface area contributed by atoms with Gasteiger partial charge in [-0.3, -0.25) is 4.79 Å². The van der Waals surface area contributed by atoms with Crippen molar-refractivity contribution in [3.05, 3.63) is 64.1 Å². The van der Waals surface area contributed by atoms with E-state index in [4.69, 9.17) is 9.47 Å². The highest BCUT2D eigenvalue weighted by molar-refractivity contribution is 9.10. The summed E-state index contributed by atoms with van der Waals surface area (Å²) in [5.41, 5.74) is 1.69. The molecule has 142 valence electrons. The highest BCUT2D eigenvalue weighted by Gasteiger charge is 2.42. The Hall–Kier alpha value is -2.54. The molecule has 0 bridgehead atoms. The Labute approximate surface area is 165 Å². The zero-order valence-corrected chi connectivity index (χ0v) is 16.4. The molecular formula is C20H20BrNO5.